The SMILES string of the molecule is CCOC(=O)CCCC[PH](c1ccccc1)(c1ccccc1)c1ccccc1.Cl.Cl. The number of rotatable bonds is 9. The normalized spacial score (nSPS) is 11.0. The van der Waals surface area contributed by atoms with Gasteiger partial charge in [-0.1, -0.05) is 0 Å². The maximum absolute atomic E-state index is 11.8. The van der Waals surface area contributed by atoms with E-state index in [-0.39, 0.29) is 30.8 Å². The van der Waals surface area contributed by atoms with Crippen LogP contribution in [-0.4, -0.2) is 18.7 Å². The molecule has 0 aliphatic carbocycles. The minimum atomic E-state index is -2.17. The number of benzene rings is 3. The zero-order chi connectivity index (χ0) is 19.7. The number of carbonyl (C=O) groups is 1. The molecule has 0 unspecified atom stereocenters. The van der Waals surface area contributed by atoms with Gasteiger partial charge in [0.25, 0.3) is 0 Å². The molecule has 0 aliphatic heterocycles. The number of esters is 1. The van der Waals surface area contributed by atoms with Gasteiger partial charge in [-0.15, -0.1) is 24.8 Å². The Hall–Kier alpha value is -1.86. The minimum absolute atomic E-state index is 0. The monoisotopic (exact) mass is 464 g/mol. The van der Waals surface area contributed by atoms with Crippen molar-refractivity contribution >= 4 is 54.0 Å². The molecule has 3 aromatic rings. The molecular formula is C25H31Cl2O2P. The van der Waals surface area contributed by atoms with Crippen molar-refractivity contribution in [3.05, 3.63) is 91.0 Å². The average Bonchev–Trinajstić information content (AvgIpc) is 2.76. The van der Waals surface area contributed by atoms with Crippen LogP contribution in [0.1, 0.15) is 26.2 Å². The molecule has 0 atom stereocenters. The summed E-state index contributed by atoms with van der Waals surface area (Å²) in [6.07, 6.45) is 3.44. The van der Waals surface area contributed by atoms with E-state index in [2.05, 4.69) is 91.0 Å². The Morgan fingerprint density at radius 3 is 1.47 bits per heavy atom. The second kappa shape index (κ2) is 13.4. The molecule has 0 N–H and O–H groups in total. The first-order valence-electron chi connectivity index (χ1n) is 10.1. The number of halogens is 2. The van der Waals surface area contributed by atoms with E-state index >= 15 is 0 Å². The van der Waals surface area contributed by atoms with Gasteiger partial charge in [-0.2, -0.15) is 0 Å². The van der Waals surface area contributed by atoms with E-state index in [9.17, 15) is 4.79 Å². The molecule has 0 radical (unpaired) electrons. The smallest absolute Gasteiger partial charge is 0.147 e. The first kappa shape index (κ1) is 26.2. The van der Waals surface area contributed by atoms with E-state index in [1.54, 1.807) is 0 Å². The van der Waals surface area contributed by atoms with Gasteiger partial charge in [0, 0.05) is 0 Å². The fourth-order valence-corrected chi connectivity index (χ4v) is 8.92. The molecule has 0 fully saturated rings. The van der Waals surface area contributed by atoms with E-state index < -0.39 is 7.26 Å². The van der Waals surface area contributed by atoms with Gasteiger partial charge in [-0.05, 0) is 0 Å². The Morgan fingerprint density at radius 1 is 0.700 bits per heavy atom. The number of carbonyl (C=O) groups excluding carboxylic acids is 1. The Labute approximate surface area is 193 Å². The van der Waals surface area contributed by atoms with Gasteiger partial charge < -0.3 is 0 Å². The van der Waals surface area contributed by atoms with Gasteiger partial charge in [0.05, 0.1) is 0 Å². The average molecular weight is 465 g/mol. The van der Waals surface area contributed by atoms with Crippen LogP contribution < -0.4 is 15.9 Å². The fraction of sp³-hybridized carbons (Fsp3) is 0.240. The van der Waals surface area contributed by atoms with Gasteiger partial charge in [-0.3, -0.25) is 0 Å². The molecule has 0 bridgehead atoms. The van der Waals surface area contributed by atoms with Gasteiger partial charge >= 0.3 is 169 Å². The molecule has 0 aromatic heterocycles. The van der Waals surface area contributed by atoms with Crippen LogP contribution in [-0.2, 0) is 9.53 Å². The van der Waals surface area contributed by atoms with Crippen LogP contribution in [0.2, 0.25) is 0 Å². The van der Waals surface area contributed by atoms with Crippen LogP contribution in [0.25, 0.3) is 0 Å². The van der Waals surface area contributed by atoms with E-state index in [1.165, 1.54) is 15.9 Å². The van der Waals surface area contributed by atoms with Crippen LogP contribution in [0.15, 0.2) is 91.0 Å². The van der Waals surface area contributed by atoms with Crippen molar-refractivity contribution in [3.8, 4) is 0 Å². The largest absolute Gasteiger partial charge is 0.147 e. The Bertz CT molecular complexity index is 761. The van der Waals surface area contributed by atoms with Crippen molar-refractivity contribution in [2.75, 3.05) is 12.8 Å². The molecular weight excluding hydrogens is 434 g/mol. The fourth-order valence-electron chi connectivity index (χ4n) is 3.99. The number of ether oxygens (including phenoxy) is 1. The van der Waals surface area contributed by atoms with Crippen LogP contribution >= 0.6 is 32.1 Å². The second-order valence-corrected chi connectivity index (χ2v) is 11.1. The summed E-state index contributed by atoms with van der Waals surface area (Å²) in [5.74, 6) is -0.0890. The van der Waals surface area contributed by atoms with Crippen LogP contribution in [0, 0.1) is 0 Å². The molecule has 0 saturated carbocycles. The third-order valence-corrected chi connectivity index (χ3v) is 10.3. The minimum Gasteiger partial charge on any atom is -0.147 e. The van der Waals surface area contributed by atoms with Crippen molar-refractivity contribution in [1.82, 2.24) is 0 Å². The summed E-state index contributed by atoms with van der Waals surface area (Å²) in [7, 11) is -2.17. The topological polar surface area (TPSA) is 26.3 Å². The first-order valence-corrected chi connectivity index (χ1v) is 12.3. The Kier molecular flexibility index (Phi) is 11.7. The standard InChI is InChI=1S/C25H29O2P.2ClH/c1-2-27-25(26)20-12-13-21-28(22-14-6-3-7-15-22,23-16-8-4-9-17-23)24-18-10-5-11-19-24;;/h3-11,14-19,28H,2,12-13,20-21H2,1H3;2*1H. The molecule has 0 heterocycles. The quantitative estimate of drug-likeness (QED) is 0.244. The summed E-state index contributed by atoms with van der Waals surface area (Å²) < 4.78 is 5.10. The van der Waals surface area contributed by atoms with Crippen molar-refractivity contribution < 1.29 is 9.53 Å². The molecule has 0 amide bonds. The number of unbranched alkanes of at least 4 members (excludes halogenated alkanes) is 1. The predicted octanol–water partition coefficient (Wildman–Crippen LogP) is 5.29. The third kappa shape index (κ3) is 6.32. The summed E-state index contributed by atoms with van der Waals surface area (Å²) >= 11 is 0. The number of hydrogen-bond acceptors (Lipinski definition) is 2. The summed E-state index contributed by atoms with van der Waals surface area (Å²) in [5, 5.41) is 4.26. The zero-order valence-corrected chi connectivity index (χ0v) is 20.0. The molecule has 5 heteroatoms. The molecule has 0 spiro atoms. The third-order valence-electron chi connectivity index (χ3n) is 5.29. The van der Waals surface area contributed by atoms with Gasteiger partial charge in [-0.25, -0.2) is 0 Å². The molecule has 3 aromatic carbocycles. The zero-order valence-electron chi connectivity index (χ0n) is 17.3. The molecule has 0 aliphatic rings. The van der Waals surface area contributed by atoms with Crippen molar-refractivity contribution in [2.45, 2.75) is 26.2 Å². The van der Waals surface area contributed by atoms with Gasteiger partial charge in [0.2, 0.25) is 0 Å². The summed E-state index contributed by atoms with van der Waals surface area (Å²) in [4.78, 5) is 11.8. The van der Waals surface area contributed by atoms with Crippen LogP contribution in [0.5, 0.6) is 0 Å². The van der Waals surface area contributed by atoms with Crippen molar-refractivity contribution in [1.29, 1.82) is 0 Å². The molecule has 0 saturated heterocycles. The van der Waals surface area contributed by atoms with Gasteiger partial charge in [0.15, 0.2) is 0 Å². The summed E-state index contributed by atoms with van der Waals surface area (Å²) in [6, 6.07) is 32.7. The molecule has 2 nitrogen and oxygen atoms in total. The Morgan fingerprint density at radius 2 is 1.10 bits per heavy atom. The number of hydrogen-bond donors (Lipinski definition) is 0. The summed E-state index contributed by atoms with van der Waals surface area (Å²) in [6.45, 7) is 2.31. The molecule has 3 rings (SSSR count). The van der Waals surface area contributed by atoms with E-state index in [0.29, 0.717) is 13.0 Å². The van der Waals surface area contributed by atoms with Gasteiger partial charge in [0.1, 0.15) is 0 Å². The van der Waals surface area contributed by atoms with E-state index in [1.807, 2.05) is 6.92 Å². The van der Waals surface area contributed by atoms with E-state index in [0.717, 1.165) is 19.0 Å². The first-order chi connectivity index (χ1) is 13.8. The maximum Gasteiger partial charge on any atom is -0.147 e. The molecule has 162 valence electrons. The van der Waals surface area contributed by atoms with E-state index in [4.69, 9.17) is 4.74 Å². The summed E-state index contributed by atoms with van der Waals surface area (Å²) in [5.41, 5.74) is 0. The maximum atomic E-state index is 11.8. The van der Waals surface area contributed by atoms with Crippen LogP contribution in [0.3, 0.4) is 0 Å². The van der Waals surface area contributed by atoms with Crippen molar-refractivity contribution in [3.63, 3.8) is 0 Å². The Balaban J connectivity index is 0.00000225. The van der Waals surface area contributed by atoms with Crippen LogP contribution in [0.4, 0.5) is 0 Å². The molecule has 30 heavy (non-hydrogen) atoms. The second-order valence-electron chi connectivity index (χ2n) is 7.02. The van der Waals surface area contributed by atoms with Crippen molar-refractivity contribution in [2.24, 2.45) is 0 Å². The predicted molar refractivity (Wildman–Crippen MR) is 136 cm³/mol.